The molecule has 1 atom stereocenters. The topological polar surface area (TPSA) is 37.4 Å². The summed E-state index contributed by atoms with van der Waals surface area (Å²) in [7, 11) is 2.17. The summed E-state index contributed by atoms with van der Waals surface area (Å²) in [6.45, 7) is 13.0. The highest BCUT2D eigenvalue weighted by atomic mass is 127. The van der Waals surface area contributed by atoms with E-state index in [1.807, 2.05) is 4.90 Å². The summed E-state index contributed by atoms with van der Waals surface area (Å²) in [6, 6.07) is 4.04. The van der Waals surface area contributed by atoms with E-state index in [0.29, 0.717) is 24.8 Å². The van der Waals surface area contributed by atoms with Crippen molar-refractivity contribution in [2.24, 2.45) is 4.99 Å². The standard InChI is InChI=1S/C21H34F2N6.HI/c1-4-24-21(25-16-17(2)27-9-7-26(3)8-10-27)29-13-11-28(12-14-29)20-15-18(22)5-6-19(20)23;/h5-6,15,17H,4,7-14,16H2,1-3H3,(H,24,25);1H. The summed E-state index contributed by atoms with van der Waals surface area (Å²) in [4.78, 5) is 13.9. The Balaban J connectivity index is 0.00000320. The first-order valence-corrected chi connectivity index (χ1v) is 10.6. The van der Waals surface area contributed by atoms with Gasteiger partial charge >= 0.3 is 0 Å². The van der Waals surface area contributed by atoms with E-state index in [4.69, 9.17) is 4.99 Å². The Bertz CT molecular complexity index is 688. The van der Waals surface area contributed by atoms with Crippen molar-refractivity contribution in [2.75, 3.05) is 77.4 Å². The molecule has 6 nitrogen and oxygen atoms in total. The van der Waals surface area contributed by atoms with Crippen LogP contribution in [0.3, 0.4) is 0 Å². The fourth-order valence-corrected chi connectivity index (χ4v) is 3.91. The summed E-state index contributed by atoms with van der Waals surface area (Å²) in [5.41, 5.74) is 0.343. The summed E-state index contributed by atoms with van der Waals surface area (Å²) < 4.78 is 27.6. The fraction of sp³-hybridized carbons (Fsp3) is 0.667. The zero-order valence-electron chi connectivity index (χ0n) is 18.3. The maximum absolute atomic E-state index is 14.1. The van der Waals surface area contributed by atoms with Gasteiger partial charge in [0.15, 0.2) is 5.96 Å². The van der Waals surface area contributed by atoms with Crippen LogP contribution in [0.25, 0.3) is 0 Å². The Kier molecular flexibility index (Phi) is 10.0. The normalized spacial score (nSPS) is 20.1. The molecule has 0 spiro atoms. The van der Waals surface area contributed by atoms with Gasteiger partial charge in [-0.1, -0.05) is 0 Å². The first kappa shape index (κ1) is 25.1. The van der Waals surface area contributed by atoms with Crippen LogP contribution in [0.1, 0.15) is 13.8 Å². The van der Waals surface area contributed by atoms with Crippen molar-refractivity contribution >= 4 is 35.6 Å². The number of benzene rings is 1. The van der Waals surface area contributed by atoms with E-state index < -0.39 is 5.82 Å². The second-order valence-corrected chi connectivity index (χ2v) is 7.95. The molecule has 1 N–H and O–H groups in total. The van der Waals surface area contributed by atoms with E-state index in [-0.39, 0.29) is 29.8 Å². The molecule has 2 aliphatic rings. The number of likely N-dealkylation sites (N-methyl/N-ethyl adjacent to an activating group) is 1. The van der Waals surface area contributed by atoms with Crippen LogP contribution >= 0.6 is 24.0 Å². The third-order valence-electron chi connectivity index (χ3n) is 5.83. The SMILES string of the molecule is CCNC(=NCC(C)N1CCN(C)CC1)N1CCN(c2cc(F)ccc2F)CC1.I. The molecule has 0 saturated carbocycles. The first-order chi connectivity index (χ1) is 14.0. The number of halogens is 3. The molecule has 2 aliphatic heterocycles. The van der Waals surface area contributed by atoms with Crippen LogP contribution in [-0.2, 0) is 0 Å². The molecule has 1 unspecified atom stereocenters. The van der Waals surface area contributed by atoms with Gasteiger partial charge in [-0.25, -0.2) is 8.78 Å². The second-order valence-electron chi connectivity index (χ2n) is 7.95. The predicted molar refractivity (Wildman–Crippen MR) is 130 cm³/mol. The van der Waals surface area contributed by atoms with Crippen molar-refractivity contribution in [1.82, 2.24) is 20.0 Å². The number of piperazine rings is 2. The number of guanidine groups is 1. The molecule has 170 valence electrons. The molecule has 0 aliphatic carbocycles. The first-order valence-electron chi connectivity index (χ1n) is 10.6. The van der Waals surface area contributed by atoms with Gasteiger partial charge in [-0.05, 0) is 33.0 Å². The van der Waals surface area contributed by atoms with Crippen molar-refractivity contribution in [3.05, 3.63) is 29.8 Å². The largest absolute Gasteiger partial charge is 0.366 e. The van der Waals surface area contributed by atoms with Gasteiger partial charge in [-0.3, -0.25) is 9.89 Å². The third kappa shape index (κ3) is 6.65. The molecule has 3 rings (SSSR count). The van der Waals surface area contributed by atoms with Crippen LogP contribution < -0.4 is 10.2 Å². The molecule has 1 aromatic carbocycles. The average Bonchev–Trinajstić information content (AvgIpc) is 2.73. The van der Waals surface area contributed by atoms with Crippen molar-refractivity contribution in [3.63, 3.8) is 0 Å². The van der Waals surface area contributed by atoms with Crippen LogP contribution in [0.2, 0.25) is 0 Å². The highest BCUT2D eigenvalue weighted by Crippen LogP contribution is 2.22. The number of rotatable bonds is 5. The highest BCUT2D eigenvalue weighted by molar-refractivity contribution is 14.0. The smallest absolute Gasteiger partial charge is 0.194 e. The van der Waals surface area contributed by atoms with Crippen LogP contribution in [-0.4, -0.2) is 99.2 Å². The van der Waals surface area contributed by atoms with Gasteiger partial charge in [0.2, 0.25) is 0 Å². The van der Waals surface area contributed by atoms with Crippen LogP contribution in [0.15, 0.2) is 23.2 Å². The van der Waals surface area contributed by atoms with E-state index in [9.17, 15) is 8.78 Å². The Morgan fingerprint density at radius 3 is 2.37 bits per heavy atom. The summed E-state index contributed by atoms with van der Waals surface area (Å²) in [5.74, 6) is 0.130. The highest BCUT2D eigenvalue weighted by Gasteiger charge is 2.23. The van der Waals surface area contributed by atoms with Gasteiger partial charge in [0.1, 0.15) is 11.6 Å². The van der Waals surface area contributed by atoms with E-state index in [2.05, 4.69) is 40.9 Å². The van der Waals surface area contributed by atoms with Gasteiger partial charge in [0.05, 0.1) is 12.2 Å². The lowest BCUT2D eigenvalue weighted by Gasteiger charge is -2.38. The third-order valence-corrected chi connectivity index (χ3v) is 5.83. The fourth-order valence-electron chi connectivity index (χ4n) is 3.91. The Labute approximate surface area is 196 Å². The molecule has 0 amide bonds. The Morgan fingerprint density at radius 2 is 1.73 bits per heavy atom. The molecule has 0 aromatic heterocycles. The van der Waals surface area contributed by atoms with E-state index in [1.54, 1.807) is 0 Å². The molecule has 2 fully saturated rings. The minimum Gasteiger partial charge on any atom is -0.366 e. The minimum atomic E-state index is -0.406. The molecule has 30 heavy (non-hydrogen) atoms. The monoisotopic (exact) mass is 536 g/mol. The van der Waals surface area contributed by atoms with Crippen LogP contribution in [0, 0.1) is 11.6 Å². The Morgan fingerprint density at radius 1 is 1.07 bits per heavy atom. The zero-order valence-corrected chi connectivity index (χ0v) is 20.6. The van der Waals surface area contributed by atoms with Gasteiger partial charge in [-0.2, -0.15) is 0 Å². The zero-order chi connectivity index (χ0) is 20.8. The number of nitrogens with zero attached hydrogens (tertiary/aromatic N) is 5. The second kappa shape index (κ2) is 12.0. The van der Waals surface area contributed by atoms with Crippen molar-refractivity contribution < 1.29 is 8.78 Å². The number of hydrogen-bond acceptors (Lipinski definition) is 4. The van der Waals surface area contributed by atoms with Crippen LogP contribution in [0.5, 0.6) is 0 Å². The molecular weight excluding hydrogens is 501 g/mol. The van der Waals surface area contributed by atoms with Crippen molar-refractivity contribution in [3.8, 4) is 0 Å². The summed E-state index contributed by atoms with van der Waals surface area (Å²) >= 11 is 0. The van der Waals surface area contributed by atoms with Gasteiger partial charge < -0.3 is 20.0 Å². The Hall–Kier alpha value is -1.20. The van der Waals surface area contributed by atoms with Gasteiger partial charge in [0.25, 0.3) is 0 Å². The van der Waals surface area contributed by atoms with E-state index >= 15 is 0 Å². The summed E-state index contributed by atoms with van der Waals surface area (Å²) in [6.07, 6.45) is 0. The van der Waals surface area contributed by atoms with Crippen molar-refractivity contribution in [1.29, 1.82) is 0 Å². The lowest BCUT2D eigenvalue weighted by atomic mass is 10.2. The molecule has 0 bridgehead atoms. The van der Waals surface area contributed by atoms with Gasteiger partial charge in [0, 0.05) is 71.0 Å². The minimum absolute atomic E-state index is 0. The van der Waals surface area contributed by atoms with Crippen molar-refractivity contribution in [2.45, 2.75) is 19.9 Å². The number of aliphatic imine (C=N–C) groups is 1. The lowest BCUT2D eigenvalue weighted by Crippen LogP contribution is -2.53. The molecule has 0 radical (unpaired) electrons. The van der Waals surface area contributed by atoms with Crippen LogP contribution in [0.4, 0.5) is 14.5 Å². The molecule has 2 saturated heterocycles. The van der Waals surface area contributed by atoms with Gasteiger partial charge in [-0.15, -0.1) is 24.0 Å². The maximum Gasteiger partial charge on any atom is 0.194 e. The molecule has 9 heteroatoms. The average molecular weight is 536 g/mol. The molecule has 1 aromatic rings. The quantitative estimate of drug-likeness (QED) is 0.356. The maximum atomic E-state index is 14.1. The number of nitrogens with one attached hydrogen (secondary N) is 1. The number of anilines is 1. The molecule has 2 heterocycles. The van der Waals surface area contributed by atoms with E-state index in [0.717, 1.165) is 64.4 Å². The summed E-state index contributed by atoms with van der Waals surface area (Å²) in [5, 5.41) is 3.39. The predicted octanol–water partition coefficient (Wildman–Crippen LogP) is 2.31. The number of hydrogen-bond donors (Lipinski definition) is 1. The van der Waals surface area contributed by atoms with E-state index in [1.165, 1.54) is 12.1 Å². The molecular formula is C21H35F2IN6. The lowest BCUT2D eigenvalue weighted by molar-refractivity contribution is 0.122.